The van der Waals surface area contributed by atoms with E-state index in [1.165, 1.54) is 28.4 Å². The molecule has 31 heavy (non-hydrogen) atoms. The van der Waals surface area contributed by atoms with Gasteiger partial charge in [-0.1, -0.05) is 19.9 Å². The zero-order valence-electron chi connectivity index (χ0n) is 18.0. The smallest absolute Gasteiger partial charge is 0.407 e. The minimum atomic E-state index is -3.96. The maximum Gasteiger partial charge on any atom is 0.407 e. The van der Waals surface area contributed by atoms with Crippen molar-refractivity contribution in [2.45, 2.75) is 38.1 Å². The summed E-state index contributed by atoms with van der Waals surface area (Å²) >= 11 is 0. The second kappa shape index (κ2) is 10.1. The number of benzene rings is 1. The lowest BCUT2D eigenvalue weighted by molar-refractivity contribution is -0.385. The predicted molar refractivity (Wildman–Crippen MR) is 112 cm³/mol. The standard InChI is InChI=1S/C19H28N4O7S/c1-13(2)11-16(20-19(25)30-4)18(24)21-7-9-22(10-8-21)31(28,29)17-12-15(23(26)27)6-5-14(17)3/h5-6,12-13,16H,7-11H2,1-4H3,(H,20,25). The van der Waals surface area contributed by atoms with Crippen molar-refractivity contribution in [1.29, 1.82) is 0 Å². The van der Waals surface area contributed by atoms with E-state index in [-0.39, 0.29) is 48.6 Å². The number of aryl methyl sites for hydroxylation is 1. The molecule has 1 saturated heterocycles. The first-order valence-corrected chi connectivity index (χ1v) is 11.3. The maximum absolute atomic E-state index is 13.0. The second-order valence-electron chi connectivity index (χ2n) is 7.75. The average molecular weight is 457 g/mol. The Morgan fingerprint density at radius 2 is 1.84 bits per heavy atom. The molecule has 1 N–H and O–H groups in total. The molecule has 1 atom stereocenters. The number of carbonyl (C=O) groups is 2. The number of amides is 2. The van der Waals surface area contributed by atoms with Crippen molar-refractivity contribution in [3.8, 4) is 0 Å². The Morgan fingerprint density at radius 1 is 1.23 bits per heavy atom. The summed E-state index contributed by atoms with van der Waals surface area (Å²) in [6, 6.07) is 2.95. The first-order valence-electron chi connectivity index (χ1n) is 9.85. The molecule has 0 saturated carbocycles. The Morgan fingerprint density at radius 3 is 2.35 bits per heavy atom. The molecular formula is C19H28N4O7S. The highest BCUT2D eigenvalue weighted by Crippen LogP contribution is 2.25. The van der Waals surface area contributed by atoms with Crippen molar-refractivity contribution in [2.24, 2.45) is 5.92 Å². The van der Waals surface area contributed by atoms with Gasteiger partial charge in [-0.3, -0.25) is 14.9 Å². The number of methoxy groups -OCH3 is 1. The Hall–Kier alpha value is -2.73. The van der Waals surface area contributed by atoms with Crippen molar-refractivity contribution >= 4 is 27.7 Å². The molecule has 0 spiro atoms. The topological polar surface area (TPSA) is 139 Å². The lowest BCUT2D eigenvalue weighted by Gasteiger charge is -2.36. The van der Waals surface area contributed by atoms with Gasteiger partial charge in [0.2, 0.25) is 15.9 Å². The normalized spacial score (nSPS) is 16.1. The molecule has 11 nitrogen and oxygen atoms in total. The molecular weight excluding hydrogens is 428 g/mol. The van der Waals surface area contributed by atoms with Crippen LogP contribution in [0.1, 0.15) is 25.8 Å². The number of sulfonamides is 1. The molecule has 1 aromatic rings. The van der Waals surface area contributed by atoms with Gasteiger partial charge in [0.1, 0.15) is 6.04 Å². The number of nitro groups is 1. The van der Waals surface area contributed by atoms with E-state index in [1.54, 1.807) is 6.92 Å². The average Bonchev–Trinajstić information content (AvgIpc) is 2.72. The zero-order chi connectivity index (χ0) is 23.3. The number of carbonyl (C=O) groups excluding carboxylic acids is 2. The van der Waals surface area contributed by atoms with E-state index < -0.39 is 27.1 Å². The number of non-ortho nitro benzene ring substituents is 1. The van der Waals surface area contributed by atoms with Crippen molar-refractivity contribution in [2.75, 3.05) is 33.3 Å². The van der Waals surface area contributed by atoms with Crippen LogP contribution < -0.4 is 5.32 Å². The van der Waals surface area contributed by atoms with E-state index in [2.05, 4.69) is 10.1 Å². The van der Waals surface area contributed by atoms with E-state index in [9.17, 15) is 28.1 Å². The van der Waals surface area contributed by atoms with Gasteiger partial charge >= 0.3 is 6.09 Å². The number of ether oxygens (including phenoxy) is 1. The largest absolute Gasteiger partial charge is 0.453 e. The quantitative estimate of drug-likeness (QED) is 0.484. The summed E-state index contributed by atoms with van der Waals surface area (Å²) in [5.41, 5.74) is 0.104. The molecule has 12 heteroatoms. The minimum absolute atomic E-state index is 0.0445. The fourth-order valence-corrected chi connectivity index (χ4v) is 5.05. The van der Waals surface area contributed by atoms with E-state index in [4.69, 9.17) is 0 Å². The Balaban J connectivity index is 2.13. The lowest BCUT2D eigenvalue weighted by atomic mass is 10.0. The molecule has 1 heterocycles. The van der Waals surface area contributed by atoms with Crippen LogP contribution in [0, 0.1) is 23.0 Å². The molecule has 0 aliphatic carbocycles. The van der Waals surface area contributed by atoms with E-state index in [0.717, 1.165) is 6.07 Å². The van der Waals surface area contributed by atoms with Crippen LogP contribution in [0.15, 0.2) is 23.1 Å². The Kier molecular flexibility index (Phi) is 7.96. The van der Waals surface area contributed by atoms with Crippen LogP contribution in [0.3, 0.4) is 0 Å². The first-order chi connectivity index (χ1) is 14.5. The number of hydrogen-bond acceptors (Lipinski definition) is 7. The number of rotatable bonds is 7. The molecule has 0 aromatic heterocycles. The van der Waals surface area contributed by atoms with Crippen LogP contribution >= 0.6 is 0 Å². The number of nitrogens with zero attached hydrogens (tertiary/aromatic N) is 3. The molecule has 172 valence electrons. The SMILES string of the molecule is COC(=O)NC(CC(C)C)C(=O)N1CCN(S(=O)(=O)c2cc([N+](=O)[O-])ccc2C)CC1. The van der Waals surface area contributed by atoms with Crippen LogP contribution in [0.4, 0.5) is 10.5 Å². The number of alkyl carbamates (subject to hydrolysis) is 1. The van der Waals surface area contributed by atoms with Gasteiger partial charge in [-0.05, 0) is 24.8 Å². The van der Waals surface area contributed by atoms with Crippen molar-refractivity contribution in [1.82, 2.24) is 14.5 Å². The van der Waals surface area contributed by atoms with Gasteiger partial charge in [-0.2, -0.15) is 4.31 Å². The van der Waals surface area contributed by atoms with Gasteiger partial charge in [0, 0.05) is 38.3 Å². The van der Waals surface area contributed by atoms with Crippen molar-refractivity contribution in [3.63, 3.8) is 0 Å². The third-order valence-corrected chi connectivity index (χ3v) is 7.07. The zero-order valence-corrected chi connectivity index (χ0v) is 18.8. The monoisotopic (exact) mass is 456 g/mol. The number of hydrogen-bond donors (Lipinski definition) is 1. The van der Waals surface area contributed by atoms with Gasteiger partial charge in [-0.15, -0.1) is 0 Å². The second-order valence-corrected chi connectivity index (χ2v) is 9.66. The third-order valence-electron chi connectivity index (χ3n) is 5.03. The van der Waals surface area contributed by atoms with Gasteiger partial charge in [0.15, 0.2) is 0 Å². The molecule has 1 aliphatic rings. The molecule has 2 rings (SSSR count). The summed E-state index contributed by atoms with van der Waals surface area (Å²) in [6.07, 6.45) is -0.291. The van der Waals surface area contributed by atoms with E-state index >= 15 is 0 Å². The van der Waals surface area contributed by atoms with Crippen LogP contribution in [-0.4, -0.2) is 73.9 Å². The van der Waals surface area contributed by atoms with Crippen LogP contribution in [0.25, 0.3) is 0 Å². The van der Waals surface area contributed by atoms with Gasteiger partial charge in [0.25, 0.3) is 5.69 Å². The molecule has 0 bridgehead atoms. The van der Waals surface area contributed by atoms with Gasteiger partial charge in [-0.25, -0.2) is 13.2 Å². The van der Waals surface area contributed by atoms with Crippen molar-refractivity contribution in [3.05, 3.63) is 33.9 Å². The van der Waals surface area contributed by atoms with Gasteiger partial charge in [0.05, 0.1) is 16.9 Å². The summed E-state index contributed by atoms with van der Waals surface area (Å²) in [5, 5.41) is 13.6. The molecule has 0 radical (unpaired) electrons. The Bertz CT molecular complexity index is 941. The minimum Gasteiger partial charge on any atom is -0.453 e. The predicted octanol–water partition coefficient (Wildman–Crippen LogP) is 1.51. The lowest BCUT2D eigenvalue weighted by Crippen LogP contribution is -2.56. The highest BCUT2D eigenvalue weighted by atomic mass is 32.2. The molecule has 1 aliphatic heterocycles. The fourth-order valence-electron chi connectivity index (χ4n) is 3.38. The maximum atomic E-state index is 13.0. The summed E-state index contributed by atoms with van der Waals surface area (Å²) in [7, 11) is -2.74. The summed E-state index contributed by atoms with van der Waals surface area (Å²) in [6.45, 7) is 5.79. The van der Waals surface area contributed by atoms with Crippen LogP contribution in [0.2, 0.25) is 0 Å². The van der Waals surface area contributed by atoms with Gasteiger partial charge < -0.3 is 15.0 Å². The summed E-state index contributed by atoms with van der Waals surface area (Å²) in [5.74, 6) is -0.160. The van der Waals surface area contributed by atoms with Crippen molar-refractivity contribution < 1.29 is 27.7 Å². The molecule has 1 unspecified atom stereocenters. The molecule has 1 aromatic carbocycles. The third kappa shape index (κ3) is 5.91. The fraction of sp³-hybridized carbons (Fsp3) is 0.579. The highest BCUT2D eigenvalue weighted by Gasteiger charge is 2.34. The number of nitro benzene ring substituents is 1. The van der Waals surface area contributed by atoms with E-state index in [1.807, 2.05) is 13.8 Å². The molecule has 2 amide bonds. The van der Waals surface area contributed by atoms with Crippen LogP contribution in [-0.2, 0) is 19.6 Å². The van der Waals surface area contributed by atoms with Crippen LogP contribution in [0.5, 0.6) is 0 Å². The van der Waals surface area contributed by atoms with E-state index in [0.29, 0.717) is 12.0 Å². The molecule has 1 fully saturated rings. The Labute approximate surface area is 181 Å². The summed E-state index contributed by atoms with van der Waals surface area (Å²) < 4.78 is 31.9. The summed E-state index contributed by atoms with van der Waals surface area (Å²) in [4.78, 5) is 36.3. The number of nitrogens with one attached hydrogen (secondary N) is 1. The highest BCUT2D eigenvalue weighted by molar-refractivity contribution is 7.89. The number of piperazine rings is 1. The first kappa shape index (κ1) is 24.5.